The van der Waals surface area contributed by atoms with E-state index in [2.05, 4.69) is 23.2 Å². The van der Waals surface area contributed by atoms with E-state index in [-0.39, 0.29) is 11.9 Å². The number of fused-ring (bicyclic) bond motifs is 1. The zero-order chi connectivity index (χ0) is 19.7. The summed E-state index contributed by atoms with van der Waals surface area (Å²) in [6.45, 7) is 6.88. The molecule has 4 nitrogen and oxygen atoms in total. The lowest BCUT2D eigenvalue weighted by molar-refractivity contribution is 0.0899. The molecule has 1 saturated heterocycles. The van der Waals surface area contributed by atoms with Gasteiger partial charge >= 0.3 is 0 Å². The van der Waals surface area contributed by atoms with Gasteiger partial charge in [0, 0.05) is 16.6 Å². The number of hydrogen-bond acceptors (Lipinski definition) is 4. The van der Waals surface area contributed by atoms with Crippen LogP contribution in [0.15, 0.2) is 41.0 Å². The van der Waals surface area contributed by atoms with Gasteiger partial charge in [0.05, 0.1) is 17.3 Å². The molecule has 1 amide bonds. The summed E-state index contributed by atoms with van der Waals surface area (Å²) >= 11 is 7.95. The molecule has 1 aliphatic heterocycles. The van der Waals surface area contributed by atoms with E-state index < -0.39 is 0 Å². The summed E-state index contributed by atoms with van der Waals surface area (Å²) in [6, 6.07) is 10.0. The number of hydrogen-bond donors (Lipinski definition) is 1. The monoisotopic (exact) mass is 416 g/mol. The summed E-state index contributed by atoms with van der Waals surface area (Å²) in [6.07, 6.45) is 4.04. The highest BCUT2D eigenvalue weighted by Gasteiger charge is 2.27. The largest absolute Gasteiger partial charge is 0.468 e. The molecule has 148 valence electrons. The molecule has 1 aromatic carbocycles. The number of carbonyl (C=O) groups is 1. The van der Waals surface area contributed by atoms with Gasteiger partial charge in [-0.2, -0.15) is 0 Å². The van der Waals surface area contributed by atoms with Crippen LogP contribution in [0.2, 0.25) is 5.02 Å². The maximum absolute atomic E-state index is 12.9. The zero-order valence-electron chi connectivity index (χ0n) is 16.2. The quantitative estimate of drug-likeness (QED) is 0.583. The lowest BCUT2D eigenvalue weighted by atomic mass is 9.97. The van der Waals surface area contributed by atoms with Crippen molar-refractivity contribution in [1.82, 2.24) is 10.2 Å². The minimum Gasteiger partial charge on any atom is -0.468 e. The lowest BCUT2D eigenvalue weighted by Gasteiger charge is -2.35. The molecule has 1 fully saturated rings. The van der Waals surface area contributed by atoms with Crippen molar-refractivity contribution < 1.29 is 9.21 Å². The number of furan rings is 1. The van der Waals surface area contributed by atoms with Crippen molar-refractivity contribution in [2.24, 2.45) is 5.92 Å². The lowest BCUT2D eigenvalue weighted by Crippen LogP contribution is -2.41. The predicted octanol–water partition coefficient (Wildman–Crippen LogP) is 5.66. The molecule has 1 unspecified atom stereocenters. The molecule has 0 spiro atoms. The fourth-order valence-corrected chi connectivity index (χ4v) is 5.35. The van der Waals surface area contributed by atoms with Gasteiger partial charge in [-0.3, -0.25) is 9.69 Å². The molecule has 0 saturated carbocycles. The van der Waals surface area contributed by atoms with Crippen LogP contribution in [0, 0.1) is 12.8 Å². The number of thiophene rings is 1. The van der Waals surface area contributed by atoms with Gasteiger partial charge in [0.25, 0.3) is 5.91 Å². The molecule has 3 aromatic rings. The Labute approximate surface area is 174 Å². The van der Waals surface area contributed by atoms with E-state index in [4.69, 9.17) is 16.0 Å². The number of likely N-dealkylation sites (tertiary alicyclic amines) is 1. The van der Waals surface area contributed by atoms with E-state index in [9.17, 15) is 4.79 Å². The topological polar surface area (TPSA) is 45.5 Å². The molecule has 1 aliphatic rings. The minimum absolute atomic E-state index is 0.0434. The fourth-order valence-electron chi connectivity index (χ4n) is 3.82. The number of nitrogens with one attached hydrogen (secondary N) is 1. The number of amides is 1. The van der Waals surface area contributed by atoms with Crippen molar-refractivity contribution in [1.29, 1.82) is 0 Å². The Bertz CT molecular complexity index is 958. The molecule has 2 aromatic heterocycles. The fraction of sp³-hybridized carbons (Fsp3) is 0.409. The van der Waals surface area contributed by atoms with Crippen molar-refractivity contribution in [3.8, 4) is 0 Å². The number of rotatable bonds is 5. The van der Waals surface area contributed by atoms with E-state index in [1.165, 1.54) is 24.2 Å². The number of piperidine rings is 1. The number of halogens is 1. The Morgan fingerprint density at radius 2 is 2.14 bits per heavy atom. The SMILES string of the molecule is Cc1ccc2c(Cl)c(C(=O)NCC(c3ccco3)N3CCC(C)CC3)sc2c1. The second-order valence-electron chi connectivity index (χ2n) is 7.70. The number of nitrogens with zero attached hydrogens (tertiary/aromatic N) is 1. The van der Waals surface area contributed by atoms with E-state index in [0.29, 0.717) is 16.4 Å². The maximum atomic E-state index is 12.9. The Hall–Kier alpha value is -1.82. The Balaban J connectivity index is 1.51. The summed E-state index contributed by atoms with van der Waals surface area (Å²) in [5.41, 5.74) is 1.16. The van der Waals surface area contributed by atoms with Gasteiger partial charge in [-0.1, -0.05) is 30.7 Å². The Morgan fingerprint density at radius 3 is 2.86 bits per heavy atom. The molecule has 1 atom stereocenters. The molecule has 0 radical (unpaired) electrons. The van der Waals surface area contributed by atoms with Crippen LogP contribution >= 0.6 is 22.9 Å². The van der Waals surface area contributed by atoms with Gasteiger partial charge in [0.1, 0.15) is 10.6 Å². The Kier molecular flexibility index (Phi) is 5.76. The van der Waals surface area contributed by atoms with Crippen LogP contribution in [0.5, 0.6) is 0 Å². The summed E-state index contributed by atoms with van der Waals surface area (Å²) in [5, 5.41) is 4.58. The molecular weight excluding hydrogens is 392 g/mol. The van der Waals surface area contributed by atoms with Gasteiger partial charge in [-0.15, -0.1) is 11.3 Å². The molecule has 0 bridgehead atoms. The Morgan fingerprint density at radius 1 is 1.36 bits per heavy atom. The van der Waals surface area contributed by atoms with Crippen LogP contribution in [0.3, 0.4) is 0 Å². The first kappa shape index (κ1) is 19.5. The third-order valence-electron chi connectivity index (χ3n) is 5.58. The van der Waals surface area contributed by atoms with Crippen molar-refractivity contribution in [2.75, 3.05) is 19.6 Å². The van der Waals surface area contributed by atoms with Gasteiger partial charge in [-0.25, -0.2) is 0 Å². The highest BCUT2D eigenvalue weighted by atomic mass is 35.5. The molecule has 0 aliphatic carbocycles. The molecule has 1 N–H and O–H groups in total. The van der Waals surface area contributed by atoms with Crippen molar-refractivity contribution in [2.45, 2.75) is 32.7 Å². The smallest absolute Gasteiger partial charge is 0.263 e. The van der Waals surface area contributed by atoms with Gasteiger partial charge < -0.3 is 9.73 Å². The van der Waals surface area contributed by atoms with Crippen molar-refractivity contribution in [3.63, 3.8) is 0 Å². The number of aryl methyl sites for hydroxylation is 1. The second kappa shape index (κ2) is 8.27. The second-order valence-corrected chi connectivity index (χ2v) is 9.13. The normalized spacial score (nSPS) is 17.1. The maximum Gasteiger partial charge on any atom is 0.263 e. The van der Waals surface area contributed by atoms with Crippen LogP contribution in [0.4, 0.5) is 0 Å². The first-order chi connectivity index (χ1) is 13.5. The third-order valence-corrected chi connectivity index (χ3v) is 7.23. The van der Waals surface area contributed by atoms with Crippen LogP contribution in [0.25, 0.3) is 10.1 Å². The van der Waals surface area contributed by atoms with Gasteiger partial charge in [-0.05, 0) is 62.5 Å². The van der Waals surface area contributed by atoms with Crippen molar-refractivity contribution in [3.05, 3.63) is 57.8 Å². The highest BCUT2D eigenvalue weighted by Crippen LogP contribution is 2.36. The van der Waals surface area contributed by atoms with E-state index in [1.54, 1.807) is 6.26 Å². The van der Waals surface area contributed by atoms with Crippen LogP contribution in [0.1, 0.15) is 46.8 Å². The van der Waals surface area contributed by atoms with Crippen LogP contribution in [-0.4, -0.2) is 30.4 Å². The first-order valence-electron chi connectivity index (χ1n) is 9.77. The predicted molar refractivity (Wildman–Crippen MR) is 115 cm³/mol. The molecule has 6 heteroatoms. The van der Waals surface area contributed by atoms with Gasteiger partial charge in [0.15, 0.2) is 0 Å². The third kappa shape index (κ3) is 3.97. The number of carbonyl (C=O) groups excluding carboxylic acids is 1. The zero-order valence-corrected chi connectivity index (χ0v) is 17.8. The van der Waals surface area contributed by atoms with Crippen LogP contribution < -0.4 is 5.32 Å². The minimum atomic E-state index is -0.120. The molecular formula is C22H25ClN2O2S. The summed E-state index contributed by atoms with van der Waals surface area (Å²) in [4.78, 5) is 15.9. The average molecular weight is 417 g/mol. The van der Waals surface area contributed by atoms with E-state index >= 15 is 0 Å². The molecule has 4 rings (SSSR count). The summed E-state index contributed by atoms with van der Waals surface area (Å²) < 4.78 is 6.73. The van der Waals surface area contributed by atoms with E-state index in [0.717, 1.165) is 40.4 Å². The van der Waals surface area contributed by atoms with Crippen molar-refractivity contribution >= 4 is 38.9 Å². The number of benzene rings is 1. The first-order valence-corrected chi connectivity index (χ1v) is 11.0. The summed E-state index contributed by atoms with van der Waals surface area (Å²) in [7, 11) is 0. The highest BCUT2D eigenvalue weighted by molar-refractivity contribution is 7.21. The van der Waals surface area contributed by atoms with Crippen LogP contribution in [-0.2, 0) is 0 Å². The van der Waals surface area contributed by atoms with Gasteiger partial charge in [0.2, 0.25) is 0 Å². The summed E-state index contributed by atoms with van der Waals surface area (Å²) in [5.74, 6) is 1.53. The van der Waals surface area contributed by atoms with E-state index in [1.807, 2.05) is 31.2 Å². The average Bonchev–Trinajstić information content (AvgIpc) is 3.31. The molecule has 28 heavy (non-hydrogen) atoms. The standard InChI is InChI=1S/C22H25ClN2O2S/c1-14-7-9-25(10-8-14)17(18-4-3-11-27-18)13-24-22(26)21-20(23)16-6-5-15(2)12-19(16)28-21/h3-6,11-12,14,17H,7-10,13H2,1-2H3,(H,24,26). The molecule has 3 heterocycles.